The van der Waals surface area contributed by atoms with Crippen LogP contribution in [0.1, 0.15) is 29.0 Å². The maximum absolute atomic E-state index is 13.5. The van der Waals surface area contributed by atoms with Crippen LogP contribution in [0.3, 0.4) is 0 Å². The molecule has 0 aliphatic heterocycles. The fraction of sp³-hybridized carbons (Fsp3) is 0.200. The van der Waals surface area contributed by atoms with E-state index in [0.717, 1.165) is 40.5 Å². The molecule has 0 aromatic heterocycles. The number of carboxylic acid groups (broad SMARTS) is 1. The van der Waals surface area contributed by atoms with E-state index in [-0.39, 0.29) is 24.5 Å². The van der Waals surface area contributed by atoms with Crippen LogP contribution < -0.4 is 5.32 Å². The van der Waals surface area contributed by atoms with Gasteiger partial charge in [0.25, 0.3) is 0 Å². The summed E-state index contributed by atoms with van der Waals surface area (Å²) in [5.41, 5.74) is 4.54. The van der Waals surface area contributed by atoms with Crippen LogP contribution in [0.5, 0.6) is 0 Å². The molecule has 1 aliphatic rings. The summed E-state index contributed by atoms with van der Waals surface area (Å²) in [6.07, 6.45) is -1.25. The van der Waals surface area contributed by atoms with Gasteiger partial charge in [-0.15, -0.1) is 0 Å². The fourth-order valence-corrected chi connectivity index (χ4v) is 4.21. The van der Waals surface area contributed by atoms with Crippen molar-refractivity contribution in [2.75, 3.05) is 6.61 Å². The lowest BCUT2D eigenvalue weighted by atomic mass is 9.98. The van der Waals surface area contributed by atoms with Gasteiger partial charge in [-0.05, 0) is 46.4 Å². The second kappa shape index (κ2) is 9.18. The fourth-order valence-electron chi connectivity index (χ4n) is 4.21. The van der Waals surface area contributed by atoms with Crippen molar-refractivity contribution in [1.29, 1.82) is 0 Å². The van der Waals surface area contributed by atoms with Gasteiger partial charge in [0.1, 0.15) is 18.2 Å². The van der Waals surface area contributed by atoms with Crippen LogP contribution in [0.4, 0.5) is 13.6 Å². The van der Waals surface area contributed by atoms with Crippen molar-refractivity contribution < 1.29 is 28.2 Å². The first-order valence-electron chi connectivity index (χ1n) is 10.2. The molecule has 1 aliphatic carbocycles. The first-order valence-corrected chi connectivity index (χ1v) is 10.2. The number of carboxylic acids is 1. The topological polar surface area (TPSA) is 75.6 Å². The molecule has 0 saturated heterocycles. The molecule has 5 nitrogen and oxygen atoms in total. The Kier molecular flexibility index (Phi) is 6.16. The quantitative estimate of drug-likeness (QED) is 0.552. The van der Waals surface area contributed by atoms with Crippen LogP contribution in [0.15, 0.2) is 66.7 Å². The van der Waals surface area contributed by atoms with E-state index in [1.165, 1.54) is 0 Å². The van der Waals surface area contributed by atoms with Crippen molar-refractivity contribution in [2.24, 2.45) is 0 Å². The summed E-state index contributed by atoms with van der Waals surface area (Å²) in [6.45, 7) is 0.0776. The van der Waals surface area contributed by atoms with Crippen molar-refractivity contribution >= 4 is 12.1 Å². The van der Waals surface area contributed by atoms with E-state index in [1.54, 1.807) is 0 Å². The molecule has 0 radical (unpaired) electrons. The zero-order valence-electron chi connectivity index (χ0n) is 17.1. The molecule has 3 aromatic carbocycles. The van der Waals surface area contributed by atoms with Gasteiger partial charge in [-0.1, -0.05) is 48.5 Å². The van der Waals surface area contributed by atoms with Crippen molar-refractivity contribution in [1.82, 2.24) is 5.32 Å². The smallest absolute Gasteiger partial charge is 0.407 e. The maximum atomic E-state index is 13.5. The molecule has 32 heavy (non-hydrogen) atoms. The number of alkyl carbamates (subject to hydrolysis) is 1. The number of amides is 1. The molecule has 0 spiro atoms. The number of carbonyl (C=O) groups excluding carboxylic acids is 1. The van der Waals surface area contributed by atoms with Gasteiger partial charge in [0, 0.05) is 18.0 Å². The Morgan fingerprint density at radius 1 is 0.938 bits per heavy atom. The van der Waals surface area contributed by atoms with E-state index in [0.29, 0.717) is 0 Å². The number of benzene rings is 3. The minimum atomic E-state index is -1.15. The molecule has 3 aromatic rings. The number of nitrogens with one attached hydrogen (secondary N) is 1. The highest BCUT2D eigenvalue weighted by molar-refractivity contribution is 5.79. The van der Waals surface area contributed by atoms with Crippen LogP contribution in [0.2, 0.25) is 0 Å². The normalized spacial score (nSPS) is 13.2. The highest BCUT2D eigenvalue weighted by Crippen LogP contribution is 2.44. The van der Waals surface area contributed by atoms with E-state index in [2.05, 4.69) is 5.32 Å². The van der Waals surface area contributed by atoms with Crippen molar-refractivity contribution in [3.63, 3.8) is 0 Å². The van der Waals surface area contributed by atoms with Crippen LogP contribution in [0.25, 0.3) is 11.1 Å². The lowest BCUT2D eigenvalue weighted by Gasteiger charge is -2.19. The maximum Gasteiger partial charge on any atom is 0.407 e. The average Bonchev–Trinajstić information content (AvgIpc) is 3.05. The third kappa shape index (κ3) is 4.77. The van der Waals surface area contributed by atoms with E-state index in [1.807, 2.05) is 48.5 Å². The molecule has 0 saturated carbocycles. The Morgan fingerprint density at radius 3 is 2.06 bits per heavy atom. The number of ether oxygens (including phenoxy) is 1. The molecular weight excluding hydrogens is 416 g/mol. The number of hydrogen-bond acceptors (Lipinski definition) is 3. The Morgan fingerprint density at radius 2 is 1.50 bits per heavy atom. The molecule has 1 unspecified atom stereocenters. The summed E-state index contributed by atoms with van der Waals surface area (Å²) in [6, 6.07) is 17.9. The second-order valence-electron chi connectivity index (χ2n) is 7.75. The summed E-state index contributed by atoms with van der Waals surface area (Å²) in [5.74, 6) is -2.82. The summed E-state index contributed by atoms with van der Waals surface area (Å²) in [4.78, 5) is 23.7. The lowest BCUT2D eigenvalue weighted by molar-refractivity contribution is -0.137. The highest BCUT2D eigenvalue weighted by Gasteiger charge is 2.29. The SMILES string of the molecule is O=C(O)CC(Cc1cc(F)cc(F)c1)NC(=O)OCC1c2ccccc2-c2ccccc21. The van der Waals surface area contributed by atoms with Crippen molar-refractivity contribution in [2.45, 2.75) is 24.8 Å². The van der Waals surface area contributed by atoms with Crippen LogP contribution in [-0.2, 0) is 16.0 Å². The number of carbonyl (C=O) groups is 2. The van der Waals surface area contributed by atoms with Crippen LogP contribution in [-0.4, -0.2) is 29.8 Å². The van der Waals surface area contributed by atoms with E-state index < -0.39 is 36.2 Å². The Hall–Kier alpha value is -3.74. The molecule has 0 bridgehead atoms. The van der Waals surface area contributed by atoms with Gasteiger partial charge in [0.2, 0.25) is 0 Å². The van der Waals surface area contributed by atoms with Gasteiger partial charge in [-0.2, -0.15) is 0 Å². The average molecular weight is 437 g/mol. The van der Waals surface area contributed by atoms with Gasteiger partial charge >= 0.3 is 12.1 Å². The van der Waals surface area contributed by atoms with Gasteiger partial charge in [-0.3, -0.25) is 4.79 Å². The van der Waals surface area contributed by atoms with Crippen LogP contribution >= 0.6 is 0 Å². The minimum Gasteiger partial charge on any atom is -0.481 e. The summed E-state index contributed by atoms with van der Waals surface area (Å²) < 4.78 is 32.4. The van der Waals surface area contributed by atoms with Gasteiger partial charge in [0.15, 0.2) is 0 Å². The zero-order chi connectivity index (χ0) is 22.7. The number of halogens is 2. The first kappa shape index (κ1) is 21.5. The van der Waals surface area contributed by atoms with Crippen molar-refractivity contribution in [3.8, 4) is 11.1 Å². The third-order valence-electron chi connectivity index (χ3n) is 5.49. The molecule has 4 rings (SSSR count). The van der Waals surface area contributed by atoms with Gasteiger partial charge in [0.05, 0.1) is 6.42 Å². The highest BCUT2D eigenvalue weighted by atomic mass is 19.1. The minimum absolute atomic E-state index is 0.0504. The molecule has 164 valence electrons. The molecule has 0 heterocycles. The number of rotatable bonds is 7. The molecule has 1 amide bonds. The summed E-state index contributed by atoms with van der Waals surface area (Å²) >= 11 is 0. The molecule has 1 atom stereocenters. The standard InChI is InChI=1S/C25H21F2NO4/c26-16-9-15(10-17(27)12-16)11-18(13-24(29)30)28-25(31)32-14-23-21-7-3-1-5-19(21)20-6-2-4-8-22(20)23/h1-10,12,18,23H,11,13-14H2,(H,28,31)(H,29,30). The van der Waals surface area contributed by atoms with Gasteiger partial charge < -0.3 is 15.2 Å². The van der Waals surface area contributed by atoms with E-state index in [9.17, 15) is 18.4 Å². The summed E-state index contributed by atoms with van der Waals surface area (Å²) in [7, 11) is 0. The largest absolute Gasteiger partial charge is 0.481 e. The van der Waals surface area contributed by atoms with Crippen molar-refractivity contribution in [3.05, 3.63) is 95.1 Å². The predicted octanol–water partition coefficient (Wildman–Crippen LogP) is 4.89. The van der Waals surface area contributed by atoms with Gasteiger partial charge in [-0.25, -0.2) is 13.6 Å². The summed E-state index contributed by atoms with van der Waals surface area (Å²) in [5, 5.41) is 11.7. The molecule has 2 N–H and O–H groups in total. The molecule has 0 fully saturated rings. The zero-order valence-corrected chi connectivity index (χ0v) is 17.1. The Labute approximate surface area is 183 Å². The number of aliphatic carboxylic acids is 1. The third-order valence-corrected chi connectivity index (χ3v) is 5.49. The first-order chi connectivity index (χ1) is 15.4. The Bertz CT molecular complexity index is 1100. The number of hydrogen-bond donors (Lipinski definition) is 2. The number of fused-ring (bicyclic) bond motifs is 3. The molecular formula is C25H21F2NO4. The second-order valence-corrected chi connectivity index (χ2v) is 7.75. The van der Waals surface area contributed by atoms with E-state index >= 15 is 0 Å². The monoisotopic (exact) mass is 437 g/mol. The Balaban J connectivity index is 1.44. The molecule has 7 heteroatoms. The van der Waals surface area contributed by atoms with Crippen LogP contribution in [0, 0.1) is 11.6 Å². The predicted molar refractivity (Wildman–Crippen MR) is 114 cm³/mol. The lowest BCUT2D eigenvalue weighted by Crippen LogP contribution is -2.39. The van der Waals surface area contributed by atoms with E-state index in [4.69, 9.17) is 9.84 Å².